The van der Waals surface area contributed by atoms with E-state index in [-0.39, 0.29) is 11.4 Å². The minimum atomic E-state index is -1.17. The highest BCUT2D eigenvalue weighted by Crippen LogP contribution is 2.31. The fourth-order valence-corrected chi connectivity index (χ4v) is 2.09. The molecule has 1 aromatic rings. The van der Waals surface area contributed by atoms with Gasteiger partial charge >= 0.3 is 0 Å². The van der Waals surface area contributed by atoms with Crippen molar-refractivity contribution in [2.24, 2.45) is 0 Å². The van der Waals surface area contributed by atoms with Gasteiger partial charge in [0, 0.05) is 11.4 Å². The molecule has 0 saturated heterocycles. The van der Waals surface area contributed by atoms with E-state index in [1.54, 1.807) is 13.0 Å². The summed E-state index contributed by atoms with van der Waals surface area (Å²) in [6, 6.07) is 2.74. The van der Waals surface area contributed by atoms with E-state index in [1.165, 1.54) is 6.07 Å². The van der Waals surface area contributed by atoms with Crippen molar-refractivity contribution in [3.63, 3.8) is 0 Å². The average molecular weight is 319 g/mol. The summed E-state index contributed by atoms with van der Waals surface area (Å²) in [5.41, 5.74) is 6.21. The number of nitrogen functional groups attached to an aromatic ring is 1. The maximum Gasteiger partial charge on any atom is 0.292 e. The van der Waals surface area contributed by atoms with Crippen LogP contribution in [0.4, 0.5) is 11.4 Å². The van der Waals surface area contributed by atoms with Crippen LogP contribution in [0, 0.1) is 17.0 Å². The van der Waals surface area contributed by atoms with Gasteiger partial charge in [-0.1, -0.05) is 22.0 Å². The van der Waals surface area contributed by atoms with Crippen molar-refractivity contribution in [3.05, 3.63) is 33.4 Å². The molecule has 1 rings (SSSR count). The summed E-state index contributed by atoms with van der Waals surface area (Å²) >= 11 is 3.16. The zero-order valence-electron chi connectivity index (χ0n) is 9.84. The van der Waals surface area contributed by atoms with Gasteiger partial charge in [0.1, 0.15) is 11.8 Å². The summed E-state index contributed by atoms with van der Waals surface area (Å²) in [5.74, 6) is 0. The Labute approximate surface area is 113 Å². The minimum absolute atomic E-state index is 0.0749. The van der Waals surface area contributed by atoms with Gasteiger partial charge < -0.3 is 15.9 Å². The van der Waals surface area contributed by atoms with Crippen molar-refractivity contribution < 1.29 is 15.1 Å². The Balaban J connectivity index is 3.14. The Hall–Kier alpha value is -1.18. The van der Waals surface area contributed by atoms with Gasteiger partial charge in [-0.2, -0.15) is 0 Å². The molecule has 2 atom stereocenters. The highest BCUT2D eigenvalue weighted by molar-refractivity contribution is 9.09. The van der Waals surface area contributed by atoms with E-state index < -0.39 is 17.1 Å². The lowest BCUT2D eigenvalue weighted by molar-refractivity contribution is -0.384. The van der Waals surface area contributed by atoms with Crippen LogP contribution in [0.1, 0.15) is 23.7 Å². The Morgan fingerprint density at radius 2 is 2.11 bits per heavy atom. The number of benzene rings is 1. The third-order valence-corrected chi connectivity index (χ3v) is 3.15. The molecule has 100 valence electrons. The Kier molecular flexibility index (Phi) is 5.06. The molecule has 0 aliphatic rings. The molecule has 0 aromatic heterocycles. The van der Waals surface area contributed by atoms with Gasteiger partial charge in [0.05, 0.1) is 11.0 Å². The second-order valence-electron chi connectivity index (χ2n) is 4.02. The Morgan fingerprint density at radius 1 is 1.50 bits per heavy atom. The maximum atomic E-state index is 10.8. The molecule has 4 N–H and O–H groups in total. The minimum Gasteiger partial charge on any atom is -0.393 e. The number of halogens is 1. The van der Waals surface area contributed by atoms with Gasteiger partial charge in [-0.25, -0.2) is 0 Å². The molecule has 0 saturated carbocycles. The number of aliphatic hydroxyl groups is 2. The van der Waals surface area contributed by atoms with Crippen molar-refractivity contribution >= 4 is 27.3 Å². The molecular weight excluding hydrogens is 304 g/mol. The van der Waals surface area contributed by atoms with E-state index in [4.69, 9.17) is 5.73 Å². The zero-order chi connectivity index (χ0) is 13.9. The first-order valence-corrected chi connectivity index (χ1v) is 6.47. The van der Waals surface area contributed by atoms with Crippen molar-refractivity contribution in [2.45, 2.75) is 25.6 Å². The molecule has 7 heteroatoms. The smallest absolute Gasteiger partial charge is 0.292 e. The first-order chi connectivity index (χ1) is 8.38. The Morgan fingerprint density at radius 3 is 2.61 bits per heavy atom. The number of rotatable bonds is 5. The largest absolute Gasteiger partial charge is 0.393 e. The molecule has 0 aliphatic heterocycles. The second-order valence-corrected chi connectivity index (χ2v) is 4.81. The number of hydrogen-bond acceptors (Lipinski definition) is 5. The maximum absolute atomic E-state index is 10.8. The number of aryl methyl sites for hydroxylation is 1. The zero-order valence-corrected chi connectivity index (χ0v) is 11.4. The highest BCUT2D eigenvalue weighted by Gasteiger charge is 2.23. The first kappa shape index (κ1) is 14.9. The fraction of sp³-hybridized carbons (Fsp3) is 0.455. The fourth-order valence-electron chi connectivity index (χ4n) is 1.62. The standard InChI is InChI=1S/C11H15BrN2O4/c1-6-4-7(11(16)9(15)2-3-12)5-8(10(6)13)14(17)18/h4-5,9,11,15-16H,2-3,13H2,1H3. The van der Waals surface area contributed by atoms with E-state index in [1.807, 2.05) is 0 Å². The molecule has 0 spiro atoms. The number of hydrogen-bond donors (Lipinski definition) is 3. The lowest BCUT2D eigenvalue weighted by atomic mass is 9.99. The summed E-state index contributed by atoms with van der Waals surface area (Å²) in [7, 11) is 0. The molecular formula is C11H15BrN2O4. The summed E-state index contributed by atoms with van der Waals surface area (Å²) in [4.78, 5) is 10.2. The first-order valence-electron chi connectivity index (χ1n) is 5.35. The van der Waals surface area contributed by atoms with Crippen molar-refractivity contribution in [2.75, 3.05) is 11.1 Å². The van der Waals surface area contributed by atoms with Crippen LogP contribution in [0.2, 0.25) is 0 Å². The number of aliphatic hydroxyl groups excluding tert-OH is 2. The van der Waals surface area contributed by atoms with Crippen LogP contribution < -0.4 is 5.73 Å². The van der Waals surface area contributed by atoms with Crippen molar-refractivity contribution in [3.8, 4) is 0 Å². The topological polar surface area (TPSA) is 110 Å². The highest BCUT2D eigenvalue weighted by atomic mass is 79.9. The molecule has 0 radical (unpaired) electrons. The third kappa shape index (κ3) is 3.18. The molecule has 6 nitrogen and oxygen atoms in total. The van der Waals surface area contributed by atoms with Crippen LogP contribution in [0.25, 0.3) is 0 Å². The number of nitro groups is 1. The normalized spacial score (nSPS) is 14.2. The quantitative estimate of drug-likeness (QED) is 0.331. The van der Waals surface area contributed by atoms with Crippen molar-refractivity contribution in [1.29, 1.82) is 0 Å². The van der Waals surface area contributed by atoms with E-state index in [0.717, 1.165) is 0 Å². The summed E-state index contributed by atoms with van der Waals surface area (Å²) < 4.78 is 0. The molecule has 1 aromatic carbocycles. The van der Waals surface area contributed by atoms with Gasteiger partial charge in [0.25, 0.3) is 5.69 Å². The van der Waals surface area contributed by atoms with E-state index in [9.17, 15) is 20.3 Å². The predicted octanol–water partition coefficient (Wildman–Crippen LogP) is 1.66. The van der Waals surface area contributed by atoms with Gasteiger partial charge in [-0.3, -0.25) is 10.1 Å². The summed E-state index contributed by atoms with van der Waals surface area (Å²) in [6.07, 6.45) is -1.80. The Bertz CT molecular complexity index is 453. The molecule has 0 aliphatic carbocycles. The van der Waals surface area contributed by atoms with Crippen LogP contribution in [-0.2, 0) is 0 Å². The number of nitro benzene ring substituents is 1. The summed E-state index contributed by atoms with van der Waals surface area (Å²) in [5, 5.41) is 30.9. The summed E-state index contributed by atoms with van der Waals surface area (Å²) in [6.45, 7) is 1.62. The van der Waals surface area contributed by atoms with E-state index in [2.05, 4.69) is 15.9 Å². The third-order valence-electron chi connectivity index (χ3n) is 2.69. The van der Waals surface area contributed by atoms with Gasteiger partial charge in [0.15, 0.2) is 0 Å². The van der Waals surface area contributed by atoms with Gasteiger partial charge in [-0.15, -0.1) is 0 Å². The van der Waals surface area contributed by atoms with E-state index >= 15 is 0 Å². The molecule has 18 heavy (non-hydrogen) atoms. The molecule has 0 amide bonds. The predicted molar refractivity (Wildman–Crippen MR) is 71.6 cm³/mol. The van der Waals surface area contributed by atoms with Crippen LogP contribution in [0.5, 0.6) is 0 Å². The lowest BCUT2D eigenvalue weighted by Gasteiger charge is -2.18. The number of alkyl halides is 1. The lowest BCUT2D eigenvalue weighted by Crippen LogP contribution is -2.19. The number of anilines is 1. The molecule has 0 heterocycles. The van der Waals surface area contributed by atoms with E-state index in [0.29, 0.717) is 22.9 Å². The molecule has 0 fully saturated rings. The average Bonchev–Trinajstić information content (AvgIpc) is 2.31. The van der Waals surface area contributed by atoms with Crippen LogP contribution in [0.3, 0.4) is 0 Å². The molecule has 2 unspecified atom stereocenters. The number of nitrogens with zero attached hydrogens (tertiary/aromatic N) is 1. The van der Waals surface area contributed by atoms with Crippen molar-refractivity contribution in [1.82, 2.24) is 0 Å². The van der Waals surface area contributed by atoms with Gasteiger partial charge in [-0.05, 0) is 24.5 Å². The monoisotopic (exact) mass is 318 g/mol. The van der Waals surface area contributed by atoms with Crippen LogP contribution in [0.15, 0.2) is 12.1 Å². The second kappa shape index (κ2) is 6.12. The van der Waals surface area contributed by atoms with Crippen LogP contribution >= 0.6 is 15.9 Å². The molecule has 0 bridgehead atoms. The number of nitrogens with two attached hydrogens (primary N) is 1. The van der Waals surface area contributed by atoms with Crippen LogP contribution in [-0.4, -0.2) is 26.6 Å². The van der Waals surface area contributed by atoms with Gasteiger partial charge in [0.2, 0.25) is 0 Å². The SMILES string of the molecule is Cc1cc(C(O)C(O)CCBr)cc([N+](=O)[O-])c1N.